The van der Waals surface area contributed by atoms with Crippen LogP contribution in [0, 0.1) is 24.2 Å². The van der Waals surface area contributed by atoms with Crippen LogP contribution in [0.1, 0.15) is 32.3 Å². The van der Waals surface area contributed by atoms with Gasteiger partial charge in [0.25, 0.3) is 0 Å². The van der Waals surface area contributed by atoms with Crippen LogP contribution in [-0.2, 0) is 0 Å². The zero-order valence-corrected chi connectivity index (χ0v) is 12.8. The van der Waals surface area contributed by atoms with Gasteiger partial charge >= 0.3 is 0 Å². The van der Waals surface area contributed by atoms with Crippen LogP contribution in [0.3, 0.4) is 0 Å². The van der Waals surface area contributed by atoms with Crippen molar-refractivity contribution in [1.29, 1.82) is 5.26 Å². The third-order valence-corrected chi connectivity index (χ3v) is 4.07. The van der Waals surface area contributed by atoms with Crippen LogP contribution in [0.15, 0.2) is 24.3 Å². The van der Waals surface area contributed by atoms with Gasteiger partial charge in [0.15, 0.2) is 0 Å². The molecular weight excluding hydrogens is 246 g/mol. The van der Waals surface area contributed by atoms with Crippen molar-refractivity contribution in [3.05, 3.63) is 29.8 Å². The number of anilines is 1. The molecule has 1 fully saturated rings. The number of para-hydroxylation sites is 1. The van der Waals surface area contributed by atoms with Gasteiger partial charge in [0.1, 0.15) is 5.54 Å². The van der Waals surface area contributed by atoms with Gasteiger partial charge in [-0.05, 0) is 37.3 Å². The van der Waals surface area contributed by atoms with Crippen molar-refractivity contribution in [3.8, 4) is 6.07 Å². The first-order valence-corrected chi connectivity index (χ1v) is 7.52. The second-order valence-corrected chi connectivity index (χ2v) is 6.33. The molecule has 1 saturated heterocycles. The van der Waals surface area contributed by atoms with Crippen LogP contribution in [-0.4, -0.2) is 30.1 Å². The van der Waals surface area contributed by atoms with Gasteiger partial charge in [0.05, 0.1) is 6.07 Å². The number of rotatable bonds is 4. The van der Waals surface area contributed by atoms with E-state index < -0.39 is 5.54 Å². The first kappa shape index (κ1) is 14.9. The number of hydrogen-bond donors (Lipinski definition) is 1. The van der Waals surface area contributed by atoms with E-state index in [1.807, 2.05) is 12.1 Å². The summed E-state index contributed by atoms with van der Waals surface area (Å²) >= 11 is 0. The predicted molar refractivity (Wildman–Crippen MR) is 83.7 cm³/mol. The molecule has 0 atom stereocenters. The Balaban J connectivity index is 2.03. The molecule has 0 amide bonds. The summed E-state index contributed by atoms with van der Waals surface area (Å²) in [5, 5.41) is 13.1. The number of aryl methyl sites for hydroxylation is 1. The summed E-state index contributed by atoms with van der Waals surface area (Å²) in [5.74, 6) is 0.689. The van der Waals surface area contributed by atoms with Gasteiger partial charge in [0, 0.05) is 25.3 Å². The number of piperidine rings is 1. The highest BCUT2D eigenvalue weighted by Crippen LogP contribution is 2.28. The van der Waals surface area contributed by atoms with E-state index in [2.05, 4.69) is 49.2 Å². The summed E-state index contributed by atoms with van der Waals surface area (Å²) in [7, 11) is 0. The van der Waals surface area contributed by atoms with E-state index in [-0.39, 0.29) is 0 Å². The molecule has 0 bridgehead atoms. The minimum atomic E-state index is -0.403. The molecule has 3 nitrogen and oxygen atoms in total. The number of likely N-dealkylation sites (tertiary alicyclic amines) is 1. The topological polar surface area (TPSA) is 39.1 Å². The van der Waals surface area contributed by atoms with E-state index in [1.165, 1.54) is 5.56 Å². The van der Waals surface area contributed by atoms with E-state index >= 15 is 0 Å². The van der Waals surface area contributed by atoms with Gasteiger partial charge in [-0.15, -0.1) is 0 Å². The third kappa shape index (κ3) is 3.52. The molecule has 3 heteroatoms. The van der Waals surface area contributed by atoms with Crippen LogP contribution >= 0.6 is 0 Å². The average Bonchev–Trinajstić information content (AvgIpc) is 2.43. The van der Waals surface area contributed by atoms with E-state index in [0.717, 1.165) is 38.2 Å². The highest BCUT2D eigenvalue weighted by Gasteiger charge is 2.34. The molecule has 0 saturated carbocycles. The van der Waals surface area contributed by atoms with Crippen LogP contribution in [0.25, 0.3) is 0 Å². The van der Waals surface area contributed by atoms with Crippen molar-refractivity contribution >= 4 is 5.69 Å². The van der Waals surface area contributed by atoms with Gasteiger partial charge in [-0.3, -0.25) is 0 Å². The van der Waals surface area contributed by atoms with E-state index in [0.29, 0.717) is 5.92 Å². The summed E-state index contributed by atoms with van der Waals surface area (Å²) in [5.41, 5.74) is 1.89. The summed E-state index contributed by atoms with van der Waals surface area (Å²) in [6.45, 7) is 9.72. The minimum Gasteiger partial charge on any atom is -0.367 e. The summed E-state index contributed by atoms with van der Waals surface area (Å²) in [4.78, 5) is 2.47. The van der Waals surface area contributed by atoms with Crippen molar-refractivity contribution in [2.45, 2.75) is 39.2 Å². The number of benzene rings is 1. The molecule has 1 N–H and O–H groups in total. The maximum Gasteiger partial charge on any atom is 0.127 e. The molecule has 2 rings (SSSR count). The lowest BCUT2D eigenvalue weighted by Gasteiger charge is -2.39. The molecule has 0 spiro atoms. The average molecular weight is 271 g/mol. The number of nitrogens with zero attached hydrogens (tertiary/aromatic N) is 2. The first-order chi connectivity index (χ1) is 9.54. The Morgan fingerprint density at radius 1 is 1.30 bits per heavy atom. The van der Waals surface area contributed by atoms with Crippen molar-refractivity contribution in [3.63, 3.8) is 0 Å². The second kappa shape index (κ2) is 6.28. The maximum atomic E-state index is 9.63. The fourth-order valence-corrected chi connectivity index (χ4v) is 2.87. The Hall–Kier alpha value is -1.53. The van der Waals surface area contributed by atoms with Gasteiger partial charge < -0.3 is 10.2 Å². The smallest absolute Gasteiger partial charge is 0.127 e. The SMILES string of the molecule is Cc1ccccc1NC1(C#N)CCN(CC(C)C)CC1. The quantitative estimate of drug-likeness (QED) is 0.912. The number of nitriles is 1. The Kier molecular flexibility index (Phi) is 4.67. The van der Waals surface area contributed by atoms with Gasteiger partial charge in [-0.1, -0.05) is 32.0 Å². The lowest BCUT2D eigenvalue weighted by atomic mass is 9.88. The van der Waals surface area contributed by atoms with E-state index in [4.69, 9.17) is 0 Å². The lowest BCUT2D eigenvalue weighted by Crippen LogP contribution is -2.49. The molecule has 1 aliphatic heterocycles. The molecule has 108 valence electrons. The Labute approximate surface area is 122 Å². The fourth-order valence-electron chi connectivity index (χ4n) is 2.87. The molecule has 0 aromatic heterocycles. The largest absolute Gasteiger partial charge is 0.367 e. The van der Waals surface area contributed by atoms with Crippen molar-refractivity contribution in [2.24, 2.45) is 5.92 Å². The van der Waals surface area contributed by atoms with Crippen molar-refractivity contribution < 1.29 is 0 Å². The monoisotopic (exact) mass is 271 g/mol. The van der Waals surface area contributed by atoms with Crippen molar-refractivity contribution in [1.82, 2.24) is 4.90 Å². The summed E-state index contributed by atoms with van der Waals surface area (Å²) in [6.07, 6.45) is 1.79. The summed E-state index contributed by atoms with van der Waals surface area (Å²) in [6, 6.07) is 10.7. The molecule has 1 aromatic rings. The zero-order valence-electron chi connectivity index (χ0n) is 12.8. The molecular formula is C17H25N3. The van der Waals surface area contributed by atoms with Crippen LogP contribution in [0.4, 0.5) is 5.69 Å². The summed E-state index contributed by atoms with van der Waals surface area (Å²) < 4.78 is 0. The molecule has 1 aromatic carbocycles. The number of hydrogen-bond acceptors (Lipinski definition) is 3. The van der Waals surface area contributed by atoms with E-state index in [1.54, 1.807) is 0 Å². The molecule has 20 heavy (non-hydrogen) atoms. The molecule has 0 radical (unpaired) electrons. The highest BCUT2D eigenvalue weighted by atomic mass is 15.2. The first-order valence-electron chi connectivity index (χ1n) is 7.52. The molecule has 0 unspecified atom stereocenters. The number of nitrogens with one attached hydrogen (secondary N) is 1. The molecule has 1 aliphatic rings. The third-order valence-electron chi connectivity index (χ3n) is 4.07. The normalized spacial score (nSPS) is 18.8. The lowest BCUT2D eigenvalue weighted by molar-refractivity contribution is 0.179. The minimum absolute atomic E-state index is 0.403. The zero-order chi connectivity index (χ0) is 14.6. The van der Waals surface area contributed by atoms with Crippen LogP contribution in [0.2, 0.25) is 0 Å². The molecule has 1 heterocycles. The van der Waals surface area contributed by atoms with Gasteiger partial charge in [-0.2, -0.15) is 5.26 Å². The standard InChI is InChI=1S/C17H25N3/c1-14(2)12-20-10-8-17(13-18,9-11-20)19-16-7-5-4-6-15(16)3/h4-7,14,19H,8-12H2,1-3H3. The molecule has 0 aliphatic carbocycles. The maximum absolute atomic E-state index is 9.63. The van der Waals surface area contributed by atoms with E-state index in [9.17, 15) is 5.26 Å². The Morgan fingerprint density at radius 3 is 2.50 bits per heavy atom. The van der Waals surface area contributed by atoms with Crippen molar-refractivity contribution in [2.75, 3.05) is 25.0 Å². The highest BCUT2D eigenvalue weighted by molar-refractivity contribution is 5.53. The van der Waals surface area contributed by atoms with Gasteiger partial charge in [-0.25, -0.2) is 0 Å². The second-order valence-electron chi connectivity index (χ2n) is 6.33. The Morgan fingerprint density at radius 2 is 1.95 bits per heavy atom. The van der Waals surface area contributed by atoms with Gasteiger partial charge in [0.2, 0.25) is 0 Å². The predicted octanol–water partition coefficient (Wildman–Crippen LogP) is 3.42. The van der Waals surface area contributed by atoms with Crippen LogP contribution < -0.4 is 5.32 Å². The van der Waals surface area contributed by atoms with Crippen LogP contribution in [0.5, 0.6) is 0 Å². The fraction of sp³-hybridized carbons (Fsp3) is 0.588. The Bertz CT molecular complexity index is 479.